The van der Waals surface area contributed by atoms with E-state index in [1.54, 1.807) is 6.07 Å². The maximum absolute atomic E-state index is 12.8. The molecule has 2 amide bonds. The molecule has 0 radical (unpaired) electrons. The Kier molecular flexibility index (Phi) is 8.50. The van der Waals surface area contributed by atoms with Gasteiger partial charge in [-0.05, 0) is 49.4 Å². The molecule has 2 aromatic carbocycles. The molecule has 0 aliphatic heterocycles. The van der Waals surface area contributed by atoms with Gasteiger partial charge < -0.3 is 15.2 Å². The third-order valence-electron chi connectivity index (χ3n) is 5.72. The highest BCUT2D eigenvalue weighted by atomic mass is 32.2. The second kappa shape index (κ2) is 11.3. The smallest absolute Gasteiger partial charge is 0.251 e. The van der Waals surface area contributed by atoms with Crippen molar-refractivity contribution in [2.24, 2.45) is 13.0 Å². The van der Waals surface area contributed by atoms with Crippen molar-refractivity contribution < 1.29 is 9.59 Å². The topological polar surface area (TPSA) is 88.9 Å². The van der Waals surface area contributed by atoms with Gasteiger partial charge in [-0.15, -0.1) is 10.2 Å². The Labute approximate surface area is 205 Å². The lowest BCUT2D eigenvalue weighted by molar-refractivity contribution is -0.113. The van der Waals surface area contributed by atoms with Crippen LogP contribution in [0.5, 0.6) is 0 Å². The first-order valence-corrected chi connectivity index (χ1v) is 12.5. The number of thioether (sulfide) groups is 1. The molecule has 0 fully saturated rings. The molecule has 0 saturated carbocycles. The van der Waals surface area contributed by atoms with E-state index >= 15 is 0 Å². The van der Waals surface area contributed by atoms with Gasteiger partial charge in [0, 0.05) is 18.3 Å². The number of nitrogens with zero attached hydrogens (tertiary/aromatic N) is 3. The second-order valence-corrected chi connectivity index (χ2v) is 9.71. The van der Waals surface area contributed by atoms with Gasteiger partial charge in [0.25, 0.3) is 5.91 Å². The predicted molar refractivity (Wildman–Crippen MR) is 137 cm³/mol. The van der Waals surface area contributed by atoms with E-state index in [2.05, 4.69) is 27.8 Å². The Balaban J connectivity index is 1.69. The first-order chi connectivity index (χ1) is 16.2. The molecular formula is C26H33N5O2S. The Morgan fingerprint density at radius 1 is 1.09 bits per heavy atom. The van der Waals surface area contributed by atoms with Crippen LogP contribution >= 0.6 is 11.8 Å². The summed E-state index contributed by atoms with van der Waals surface area (Å²) >= 11 is 1.33. The molecule has 0 saturated heterocycles. The summed E-state index contributed by atoms with van der Waals surface area (Å²) < 4.78 is 1.85. The zero-order chi connectivity index (χ0) is 24.8. The van der Waals surface area contributed by atoms with Crippen LogP contribution in [-0.4, -0.2) is 32.3 Å². The first-order valence-electron chi connectivity index (χ1n) is 11.5. The number of carbonyl (C=O) groups is 2. The van der Waals surface area contributed by atoms with Gasteiger partial charge in [-0.25, -0.2) is 0 Å². The van der Waals surface area contributed by atoms with Crippen LogP contribution in [0, 0.1) is 19.8 Å². The maximum atomic E-state index is 12.8. The lowest BCUT2D eigenvalue weighted by Gasteiger charge is -2.22. The lowest BCUT2D eigenvalue weighted by atomic mass is 10.0. The third-order valence-corrected chi connectivity index (χ3v) is 6.74. The molecule has 0 aliphatic carbocycles. The fraction of sp³-hybridized carbons (Fsp3) is 0.385. The number of carbonyl (C=O) groups excluding carboxylic acids is 2. The number of amides is 2. The number of nitrogens with one attached hydrogen (secondary N) is 2. The minimum absolute atomic E-state index is 0.0910. The van der Waals surface area contributed by atoms with Crippen LogP contribution in [0.15, 0.2) is 47.6 Å². The van der Waals surface area contributed by atoms with Crippen molar-refractivity contribution in [1.82, 2.24) is 20.1 Å². The predicted octanol–water partition coefficient (Wildman–Crippen LogP) is 4.85. The van der Waals surface area contributed by atoms with E-state index in [-0.39, 0.29) is 29.5 Å². The van der Waals surface area contributed by atoms with Crippen molar-refractivity contribution in [3.05, 3.63) is 70.5 Å². The van der Waals surface area contributed by atoms with Crippen LogP contribution in [0.2, 0.25) is 0 Å². The quantitative estimate of drug-likeness (QED) is 0.428. The van der Waals surface area contributed by atoms with Crippen molar-refractivity contribution in [3.63, 3.8) is 0 Å². The van der Waals surface area contributed by atoms with Gasteiger partial charge in [0.15, 0.2) is 11.0 Å². The highest BCUT2D eigenvalue weighted by molar-refractivity contribution is 7.99. The summed E-state index contributed by atoms with van der Waals surface area (Å²) in [6, 6.07) is 13.2. The summed E-state index contributed by atoms with van der Waals surface area (Å²) in [4.78, 5) is 25.5. The van der Waals surface area contributed by atoms with Crippen molar-refractivity contribution in [3.8, 4) is 0 Å². The molecule has 1 heterocycles. The highest BCUT2D eigenvalue weighted by Gasteiger charge is 2.25. The highest BCUT2D eigenvalue weighted by Crippen LogP contribution is 2.26. The second-order valence-electron chi connectivity index (χ2n) is 8.76. The molecule has 2 N–H and O–H groups in total. The molecular weight excluding hydrogens is 446 g/mol. The van der Waals surface area contributed by atoms with Crippen LogP contribution in [0.3, 0.4) is 0 Å². The molecule has 180 valence electrons. The van der Waals surface area contributed by atoms with Crippen LogP contribution in [0.25, 0.3) is 0 Å². The zero-order valence-corrected chi connectivity index (χ0v) is 21.5. The van der Waals surface area contributed by atoms with Gasteiger partial charge >= 0.3 is 0 Å². The number of benzene rings is 2. The standard InChI is InChI=1S/C26H33N5O2S/c1-7-19-12-9-11-18(5)23(19)27-21(32)15-34-26-30-29-24(31(26)6)22(16(2)3)28-25(33)20-13-8-10-17(4)14-20/h8-14,16,22H,7,15H2,1-6H3,(H,27,32)(H,28,33)/t22-/m0/s1. The lowest BCUT2D eigenvalue weighted by Crippen LogP contribution is -2.33. The fourth-order valence-electron chi connectivity index (χ4n) is 3.77. The third kappa shape index (κ3) is 6.05. The number of aryl methyl sites for hydroxylation is 3. The van der Waals surface area contributed by atoms with Crippen LogP contribution in [0.4, 0.5) is 5.69 Å². The Morgan fingerprint density at radius 2 is 1.82 bits per heavy atom. The van der Waals surface area contributed by atoms with Gasteiger partial charge in [0.05, 0.1) is 11.8 Å². The van der Waals surface area contributed by atoms with Crippen LogP contribution in [0.1, 0.15) is 59.7 Å². The number of para-hydroxylation sites is 1. The number of rotatable bonds is 9. The summed E-state index contributed by atoms with van der Waals surface area (Å²) in [5.41, 5.74) is 4.68. The van der Waals surface area contributed by atoms with E-state index in [1.165, 1.54) is 11.8 Å². The first kappa shape index (κ1) is 25.5. The molecule has 0 aliphatic rings. The molecule has 3 rings (SSSR count). The van der Waals surface area contributed by atoms with Crippen molar-refractivity contribution in [2.45, 2.75) is 52.2 Å². The minimum Gasteiger partial charge on any atom is -0.342 e. The number of aromatic nitrogens is 3. The van der Waals surface area contributed by atoms with Crippen molar-refractivity contribution in [2.75, 3.05) is 11.1 Å². The van der Waals surface area contributed by atoms with E-state index < -0.39 is 0 Å². The van der Waals surface area contributed by atoms with Gasteiger partial charge in [-0.1, -0.05) is 68.4 Å². The summed E-state index contributed by atoms with van der Waals surface area (Å²) in [5, 5.41) is 15.4. The summed E-state index contributed by atoms with van der Waals surface area (Å²) in [7, 11) is 1.86. The van der Waals surface area contributed by atoms with E-state index in [1.807, 2.05) is 75.7 Å². The Hall–Kier alpha value is -3.13. The van der Waals surface area contributed by atoms with E-state index in [9.17, 15) is 9.59 Å². The molecule has 34 heavy (non-hydrogen) atoms. The molecule has 3 aromatic rings. The molecule has 0 spiro atoms. The van der Waals surface area contributed by atoms with Gasteiger partial charge in [0.1, 0.15) is 0 Å². The molecule has 0 unspecified atom stereocenters. The minimum atomic E-state index is -0.312. The van der Waals surface area contributed by atoms with E-state index in [4.69, 9.17) is 0 Å². The average Bonchev–Trinajstić information content (AvgIpc) is 3.16. The summed E-state index contributed by atoms with van der Waals surface area (Å²) in [5.74, 6) is 0.735. The summed E-state index contributed by atoms with van der Waals surface area (Å²) in [6.45, 7) is 10.1. The molecule has 0 bridgehead atoms. The Bertz CT molecular complexity index is 1170. The number of anilines is 1. The van der Waals surface area contributed by atoms with E-state index in [0.29, 0.717) is 16.5 Å². The van der Waals surface area contributed by atoms with Crippen LogP contribution < -0.4 is 10.6 Å². The normalized spacial score (nSPS) is 12.0. The molecule has 8 heteroatoms. The van der Waals surface area contributed by atoms with Crippen molar-refractivity contribution >= 4 is 29.3 Å². The molecule has 7 nitrogen and oxygen atoms in total. The van der Waals surface area contributed by atoms with E-state index in [0.717, 1.165) is 28.8 Å². The van der Waals surface area contributed by atoms with Crippen LogP contribution in [-0.2, 0) is 18.3 Å². The van der Waals surface area contributed by atoms with Gasteiger partial charge in [-0.2, -0.15) is 0 Å². The van der Waals surface area contributed by atoms with Crippen molar-refractivity contribution in [1.29, 1.82) is 0 Å². The summed E-state index contributed by atoms with van der Waals surface area (Å²) in [6.07, 6.45) is 0.849. The zero-order valence-electron chi connectivity index (χ0n) is 20.7. The van der Waals surface area contributed by atoms with Gasteiger partial charge in [0.2, 0.25) is 5.91 Å². The number of hydrogen-bond acceptors (Lipinski definition) is 5. The monoisotopic (exact) mass is 479 g/mol. The average molecular weight is 480 g/mol. The Morgan fingerprint density at radius 3 is 2.50 bits per heavy atom. The SMILES string of the molecule is CCc1cccc(C)c1NC(=O)CSc1nnc([C@@H](NC(=O)c2cccc(C)c2)C(C)C)n1C. The van der Waals surface area contributed by atoms with Gasteiger partial charge in [-0.3, -0.25) is 9.59 Å². The maximum Gasteiger partial charge on any atom is 0.251 e. The molecule has 1 aromatic heterocycles. The number of hydrogen-bond donors (Lipinski definition) is 2. The largest absolute Gasteiger partial charge is 0.342 e. The fourth-order valence-corrected chi connectivity index (χ4v) is 4.49. The molecule has 1 atom stereocenters.